The second-order valence-electron chi connectivity index (χ2n) is 10.3. The number of nitrogens with zero attached hydrogens (tertiary/aromatic N) is 1. The summed E-state index contributed by atoms with van der Waals surface area (Å²) in [5.41, 5.74) is 18.2. The van der Waals surface area contributed by atoms with Crippen molar-refractivity contribution in [2.24, 2.45) is 5.73 Å². The minimum Gasteiger partial charge on any atom is -0.459 e. The average Bonchev–Trinajstić information content (AvgIpc) is 3.51. The van der Waals surface area contributed by atoms with E-state index in [2.05, 4.69) is 15.8 Å². The Morgan fingerprint density at radius 2 is 1.73 bits per heavy atom. The summed E-state index contributed by atoms with van der Waals surface area (Å²) in [6, 6.07) is 22.3. The number of primary amides is 1. The van der Waals surface area contributed by atoms with E-state index in [-0.39, 0.29) is 24.9 Å². The first kappa shape index (κ1) is 27.7. The maximum atomic E-state index is 13.3. The van der Waals surface area contributed by atoms with Gasteiger partial charge in [-0.1, -0.05) is 53.7 Å². The van der Waals surface area contributed by atoms with Crippen LogP contribution in [0.25, 0.3) is 11.0 Å². The third-order valence-corrected chi connectivity index (χ3v) is 7.10. The number of fused-ring (bicyclic) bond motifs is 1. The Kier molecular flexibility index (Phi) is 7.89. The van der Waals surface area contributed by atoms with Crippen molar-refractivity contribution in [2.75, 3.05) is 12.3 Å². The minimum atomic E-state index is -0.493. The lowest BCUT2D eigenvalue weighted by Gasteiger charge is -2.22. The number of hydrogen-bond donors (Lipinski definition) is 4. The number of nitrogen functional groups attached to an aromatic ring is 1. The third-order valence-electron chi connectivity index (χ3n) is 7.10. The number of aryl methyl sites for hydroxylation is 3. The molecule has 2 aromatic heterocycles. The van der Waals surface area contributed by atoms with Gasteiger partial charge in [-0.3, -0.25) is 14.9 Å². The summed E-state index contributed by atoms with van der Waals surface area (Å²) in [6.07, 6.45) is 0.165. The molecule has 0 aliphatic rings. The second-order valence-corrected chi connectivity index (χ2v) is 10.3. The molecule has 0 saturated heterocycles. The molecule has 5 aromatic rings. The molecule has 9 heteroatoms. The normalized spacial score (nSPS) is 12.8. The molecule has 9 nitrogen and oxygen atoms in total. The van der Waals surface area contributed by atoms with Crippen LogP contribution in [0.15, 0.2) is 81.7 Å². The summed E-state index contributed by atoms with van der Waals surface area (Å²) in [6.45, 7) is 5.57. The highest BCUT2D eigenvalue weighted by atomic mass is 16.5. The Morgan fingerprint density at radius 1 is 0.951 bits per heavy atom. The van der Waals surface area contributed by atoms with E-state index in [0.717, 1.165) is 33.2 Å². The highest BCUT2D eigenvalue weighted by Gasteiger charge is 2.26. The number of aromatic nitrogens is 1. The molecule has 0 aliphatic heterocycles. The van der Waals surface area contributed by atoms with E-state index in [9.17, 15) is 9.59 Å². The summed E-state index contributed by atoms with van der Waals surface area (Å²) in [7, 11) is 0. The number of benzene rings is 3. The number of carbonyl (C=O) groups is 2. The van der Waals surface area contributed by atoms with Crippen molar-refractivity contribution in [1.82, 2.24) is 15.8 Å². The van der Waals surface area contributed by atoms with Crippen LogP contribution in [0.2, 0.25) is 0 Å². The fourth-order valence-electron chi connectivity index (χ4n) is 5.16. The maximum absolute atomic E-state index is 13.3. The molecular formula is C32H33N5O4. The number of rotatable bonds is 10. The largest absolute Gasteiger partial charge is 0.459 e. The van der Waals surface area contributed by atoms with Crippen LogP contribution in [0.1, 0.15) is 57.1 Å². The number of carbonyl (C=O) groups excluding carboxylic acids is 2. The number of nitrogens with two attached hydrogens (primary N) is 2. The molecule has 2 atom stereocenters. The van der Waals surface area contributed by atoms with Gasteiger partial charge in [0.05, 0.1) is 30.7 Å². The molecule has 6 N–H and O–H groups in total. The van der Waals surface area contributed by atoms with Gasteiger partial charge in [-0.05, 0) is 61.7 Å². The van der Waals surface area contributed by atoms with Crippen LogP contribution in [0, 0.1) is 20.8 Å². The standard InChI is InChI=1S/C32H33N5O4/c1-18-9-11-24(25(33)13-18)31(22-7-5-4-6-8-22)36-29(39)15-21-10-12-26-23(14-21)16-27(40-26)32(35-17-28(34)38)30-19(2)37-41-20(30)3/h4-14,16,31-32,35H,15,17,33H2,1-3H3,(H2,34,38)(H,36,39). The molecule has 0 spiro atoms. The molecule has 41 heavy (non-hydrogen) atoms. The Balaban J connectivity index is 1.40. The van der Waals surface area contributed by atoms with Crippen molar-refractivity contribution >= 4 is 28.5 Å². The predicted molar refractivity (Wildman–Crippen MR) is 157 cm³/mol. The number of furan rings is 1. The van der Waals surface area contributed by atoms with Crippen molar-refractivity contribution in [1.29, 1.82) is 0 Å². The zero-order valence-corrected chi connectivity index (χ0v) is 23.2. The highest BCUT2D eigenvalue weighted by molar-refractivity contribution is 5.84. The van der Waals surface area contributed by atoms with E-state index in [1.165, 1.54) is 0 Å². The van der Waals surface area contributed by atoms with E-state index in [1.807, 2.05) is 86.6 Å². The highest BCUT2D eigenvalue weighted by Crippen LogP contribution is 2.32. The third kappa shape index (κ3) is 6.15. The first-order valence-electron chi connectivity index (χ1n) is 13.4. The van der Waals surface area contributed by atoms with E-state index in [1.54, 1.807) is 6.92 Å². The van der Waals surface area contributed by atoms with E-state index < -0.39 is 11.9 Å². The van der Waals surface area contributed by atoms with Gasteiger partial charge in [0.15, 0.2) is 0 Å². The number of nitrogens with one attached hydrogen (secondary N) is 2. The Bertz CT molecular complexity index is 1690. The van der Waals surface area contributed by atoms with Crippen LogP contribution >= 0.6 is 0 Å². The molecule has 0 radical (unpaired) electrons. The number of anilines is 1. The summed E-state index contributed by atoms with van der Waals surface area (Å²) in [5.74, 6) is 0.562. The molecule has 0 saturated carbocycles. The Morgan fingerprint density at radius 3 is 2.41 bits per heavy atom. The van der Waals surface area contributed by atoms with Crippen molar-refractivity contribution in [3.8, 4) is 0 Å². The van der Waals surface area contributed by atoms with Crippen molar-refractivity contribution in [3.05, 3.63) is 118 Å². The summed E-state index contributed by atoms with van der Waals surface area (Å²) in [5, 5.41) is 11.2. The monoisotopic (exact) mass is 551 g/mol. The van der Waals surface area contributed by atoms with E-state index >= 15 is 0 Å². The van der Waals surface area contributed by atoms with Crippen molar-refractivity contribution in [3.63, 3.8) is 0 Å². The van der Waals surface area contributed by atoms with Gasteiger partial charge in [0.2, 0.25) is 11.8 Å². The van der Waals surface area contributed by atoms with Crippen LogP contribution < -0.4 is 22.1 Å². The van der Waals surface area contributed by atoms with Gasteiger partial charge in [0.1, 0.15) is 17.1 Å². The molecule has 0 fully saturated rings. The molecule has 2 heterocycles. The zero-order valence-electron chi connectivity index (χ0n) is 23.2. The first-order chi connectivity index (χ1) is 19.7. The fourth-order valence-corrected chi connectivity index (χ4v) is 5.16. The number of hydrogen-bond acceptors (Lipinski definition) is 7. The minimum absolute atomic E-state index is 0.0503. The summed E-state index contributed by atoms with van der Waals surface area (Å²) >= 11 is 0. The molecule has 210 valence electrons. The first-order valence-corrected chi connectivity index (χ1v) is 13.4. The van der Waals surface area contributed by atoms with Gasteiger partial charge >= 0.3 is 0 Å². The van der Waals surface area contributed by atoms with Gasteiger partial charge in [0.25, 0.3) is 0 Å². The summed E-state index contributed by atoms with van der Waals surface area (Å²) < 4.78 is 11.5. The quantitative estimate of drug-likeness (QED) is 0.186. The van der Waals surface area contributed by atoms with Gasteiger partial charge in [-0.2, -0.15) is 0 Å². The lowest BCUT2D eigenvalue weighted by Crippen LogP contribution is -2.32. The van der Waals surface area contributed by atoms with Gasteiger partial charge in [-0.15, -0.1) is 0 Å². The number of amides is 2. The van der Waals surface area contributed by atoms with Gasteiger partial charge in [-0.25, -0.2) is 0 Å². The van der Waals surface area contributed by atoms with Crippen LogP contribution in [-0.4, -0.2) is 23.5 Å². The van der Waals surface area contributed by atoms with Crippen LogP contribution in [-0.2, 0) is 16.0 Å². The second kappa shape index (κ2) is 11.7. The topological polar surface area (TPSA) is 149 Å². The Labute approximate surface area is 237 Å². The van der Waals surface area contributed by atoms with Crippen molar-refractivity contribution < 1.29 is 18.5 Å². The molecule has 0 bridgehead atoms. The van der Waals surface area contributed by atoms with Gasteiger partial charge in [0, 0.05) is 22.2 Å². The molecular weight excluding hydrogens is 518 g/mol. The van der Waals surface area contributed by atoms with Crippen LogP contribution in [0.4, 0.5) is 5.69 Å². The maximum Gasteiger partial charge on any atom is 0.231 e. The van der Waals surface area contributed by atoms with E-state index in [0.29, 0.717) is 28.5 Å². The van der Waals surface area contributed by atoms with E-state index in [4.69, 9.17) is 20.4 Å². The molecule has 5 rings (SSSR count). The van der Waals surface area contributed by atoms with Crippen molar-refractivity contribution in [2.45, 2.75) is 39.3 Å². The smallest absolute Gasteiger partial charge is 0.231 e. The molecule has 2 unspecified atom stereocenters. The molecule has 3 aromatic carbocycles. The zero-order chi connectivity index (χ0) is 29.1. The Hall–Kier alpha value is -4.89. The molecule has 2 amide bonds. The SMILES string of the molecule is Cc1ccc(C(NC(=O)Cc2ccc3oc(C(NCC(N)=O)c4c(C)noc4C)cc3c2)c2ccccc2)c(N)c1. The average molecular weight is 552 g/mol. The van der Waals surface area contributed by atoms with Crippen LogP contribution in [0.5, 0.6) is 0 Å². The van der Waals surface area contributed by atoms with Crippen LogP contribution in [0.3, 0.4) is 0 Å². The van der Waals surface area contributed by atoms with Gasteiger partial charge < -0.3 is 25.7 Å². The fraction of sp³-hybridized carbons (Fsp3) is 0.219. The predicted octanol–water partition coefficient (Wildman–Crippen LogP) is 4.54. The lowest BCUT2D eigenvalue weighted by atomic mass is 9.95. The summed E-state index contributed by atoms with van der Waals surface area (Å²) in [4.78, 5) is 24.9. The molecule has 0 aliphatic carbocycles. The lowest BCUT2D eigenvalue weighted by molar-refractivity contribution is -0.121.